The molecular formula is C10H10BrClFN. The molecule has 1 fully saturated rings. The Morgan fingerprint density at radius 1 is 1.64 bits per heavy atom. The van der Waals surface area contributed by atoms with E-state index in [2.05, 4.69) is 22.9 Å². The summed E-state index contributed by atoms with van der Waals surface area (Å²) in [5, 5.41) is 0.470. The molecule has 1 nitrogen and oxygen atoms in total. The molecule has 0 aromatic heterocycles. The summed E-state index contributed by atoms with van der Waals surface area (Å²) in [5.74, 6) is 0.590. The summed E-state index contributed by atoms with van der Waals surface area (Å²) in [6.07, 6.45) is 1.10. The standard InChI is InChI=1S/C10H10BrClFN/c1-4-2-5(4)8-6(12)3-7(13)10(14)9(8)11/h3-5H,2,14H2,1H3/t4-,5-/m1/s1. The predicted molar refractivity (Wildman–Crippen MR) is 60.0 cm³/mol. The van der Waals surface area contributed by atoms with E-state index in [9.17, 15) is 4.39 Å². The van der Waals surface area contributed by atoms with Gasteiger partial charge in [-0.05, 0) is 45.8 Å². The lowest BCUT2D eigenvalue weighted by atomic mass is 10.1. The zero-order chi connectivity index (χ0) is 10.5. The van der Waals surface area contributed by atoms with Crippen LogP contribution in [0.2, 0.25) is 5.02 Å². The average Bonchev–Trinajstić information content (AvgIpc) is 2.79. The maximum atomic E-state index is 13.2. The third-order valence-corrected chi connectivity index (χ3v) is 3.89. The molecule has 0 radical (unpaired) electrons. The lowest BCUT2D eigenvalue weighted by Gasteiger charge is -2.09. The van der Waals surface area contributed by atoms with Gasteiger partial charge in [-0.15, -0.1) is 0 Å². The van der Waals surface area contributed by atoms with E-state index >= 15 is 0 Å². The molecule has 0 aliphatic heterocycles. The van der Waals surface area contributed by atoms with Crippen LogP contribution in [0.4, 0.5) is 10.1 Å². The minimum absolute atomic E-state index is 0.156. The maximum absolute atomic E-state index is 13.2. The van der Waals surface area contributed by atoms with Crippen molar-refractivity contribution in [1.82, 2.24) is 0 Å². The number of anilines is 1. The van der Waals surface area contributed by atoms with Crippen LogP contribution in [0, 0.1) is 11.7 Å². The van der Waals surface area contributed by atoms with Crippen LogP contribution in [0.1, 0.15) is 24.8 Å². The Balaban J connectivity index is 2.54. The van der Waals surface area contributed by atoms with Crippen molar-refractivity contribution in [2.45, 2.75) is 19.3 Å². The monoisotopic (exact) mass is 277 g/mol. The Labute approximate surface area is 95.6 Å². The van der Waals surface area contributed by atoms with Gasteiger partial charge in [0.15, 0.2) is 0 Å². The van der Waals surface area contributed by atoms with Gasteiger partial charge in [-0.3, -0.25) is 0 Å². The average molecular weight is 279 g/mol. The van der Waals surface area contributed by atoms with Gasteiger partial charge in [0.25, 0.3) is 0 Å². The molecule has 2 atom stereocenters. The van der Waals surface area contributed by atoms with Gasteiger partial charge in [0.2, 0.25) is 0 Å². The lowest BCUT2D eigenvalue weighted by molar-refractivity contribution is 0.631. The number of nitrogen functional groups attached to an aromatic ring is 1. The van der Waals surface area contributed by atoms with Crippen molar-refractivity contribution in [2.24, 2.45) is 5.92 Å². The van der Waals surface area contributed by atoms with Crippen LogP contribution < -0.4 is 5.73 Å². The fourth-order valence-corrected chi connectivity index (χ4v) is 2.83. The second kappa shape index (κ2) is 3.38. The molecule has 2 N–H and O–H groups in total. The van der Waals surface area contributed by atoms with Gasteiger partial charge in [0.05, 0.1) is 5.69 Å². The van der Waals surface area contributed by atoms with Gasteiger partial charge in [-0.2, -0.15) is 0 Å². The highest BCUT2D eigenvalue weighted by molar-refractivity contribution is 9.10. The summed E-state index contributed by atoms with van der Waals surface area (Å²) in [4.78, 5) is 0. The Hall–Kier alpha value is -0.280. The fraction of sp³-hybridized carbons (Fsp3) is 0.400. The number of nitrogens with two attached hydrogens (primary N) is 1. The molecule has 4 heteroatoms. The normalized spacial score (nSPS) is 25.1. The van der Waals surface area contributed by atoms with E-state index < -0.39 is 5.82 Å². The highest BCUT2D eigenvalue weighted by atomic mass is 79.9. The van der Waals surface area contributed by atoms with Gasteiger partial charge >= 0.3 is 0 Å². The first-order valence-corrected chi connectivity index (χ1v) is 5.62. The fourth-order valence-electron chi connectivity index (χ4n) is 1.69. The summed E-state index contributed by atoms with van der Waals surface area (Å²) in [6.45, 7) is 2.15. The van der Waals surface area contributed by atoms with Gasteiger partial charge in [0.1, 0.15) is 5.82 Å². The zero-order valence-corrected chi connectivity index (χ0v) is 9.99. The highest BCUT2D eigenvalue weighted by Crippen LogP contribution is 2.52. The minimum Gasteiger partial charge on any atom is -0.395 e. The quantitative estimate of drug-likeness (QED) is 0.774. The van der Waals surface area contributed by atoms with Crippen LogP contribution in [0.25, 0.3) is 0 Å². The van der Waals surface area contributed by atoms with Crippen molar-refractivity contribution >= 4 is 33.2 Å². The minimum atomic E-state index is -0.459. The smallest absolute Gasteiger partial charge is 0.148 e. The molecule has 76 valence electrons. The van der Waals surface area contributed by atoms with Crippen LogP contribution in [0.3, 0.4) is 0 Å². The van der Waals surface area contributed by atoms with Crippen LogP contribution >= 0.6 is 27.5 Å². The Morgan fingerprint density at radius 2 is 2.21 bits per heavy atom. The van der Waals surface area contributed by atoms with Crippen molar-refractivity contribution in [1.29, 1.82) is 0 Å². The molecular weight excluding hydrogens is 268 g/mol. The molecule has 0 amide bonds. The molecule has 1 aromatic carbocycles. The Morgan fingerprint density at radius 3 is 2.71 bits per heavy atom. The van der Waals surface area contributed by atoms with Gasteiger partial charge in [-0.25, -0.2) is 4.39 Å². The maximum Gasteiger partial charge on any atom is 0.148 e. The third kappa shape index (κ3) is 1.52. The first-order chi connectivity index (χ1) is 6.52. The Kier molecular flexibility index (Phi) is 2.48. The highest BCUT2D eigenvalue weighted by Gasteiger charge is 2.37. The number of hydrogen-bond donors (Lipinski definition) is 1. The van der Waals surface area contributed by atoms with Gasteiger partial charge in [-0.1, -0.05) is 18.5 Å². The number of benzene rings is 1. The molecule has 0 saturated heterocycles. The Bertz CT molecular complexity index is 394. The van der Waals surface area contributed by atoms with Crippen molar-refractivity contribution in [3.63, 3.8) is 0 Å². The molecule has 0 bridgehead atoms. The largest absolute Gasteiger partial charge is 0.395 e. The molecule has 0 unspecified atom stereocenters. The van der Waals surface area contributed by atoms with Gasteiger partial charge in [0, 0.05) is 9.50 Å². The van der Waals surface area contributed by atoms with Crippen molar-refractivity contribution in [3.05, 3.63) is 26.9 Å². The first kappa shape index (κ1) is 10.2. The van der Waals surface area contributed by atoms with E-state index in [4.69, 9.17) is 17.3 Å². The topological polar surface area (TPSA) is 26.0 Å². The number of hydrogen-bond acceptors (Lipinski definition) is 1. The third-order valence-electron chi connectivity index (χ3n) is 2.72. The van der Waals surface area contributed by atoms with E-state index in [1.54, 1.807) is 0 Å². The summed E-state index contributed by atoms with van der Waals surface area (Å²) in [6, 6.07) is 1.29. The van der Waals surface area contributed by atoms with Crippen LogP contribution in [-0.4, -0.2) is 0 Å². The van der Waals surface area contributed by atoms with E-state index in [-0.39, 0.29) is 5.69 Å². The van der Waals surface area contributed by atoms with Crippen LogP contribution in [-0.2, 0) is 0 Å². The first-order valence-electron chi connectivity index (χ1n) is 4.45. The summed E-state index contributed by atoms with van der Waals surface area (Å²) < 4.78 is 13.8. The van der Waals surface area contributed by atoms with Crippen LogP contribution in [0.5, 0.6) is 0 Å². The summed E-state index contributed by atoms with van der Waals surface area (Å²) in [5.41, 5.74) is 6.69. The predicted octanol–water partition coefficient (Wildman–Crippen LogP) is 3.95. The van der Waals surface area contributed by atoms with E-state index in [0.29, 0.717) is 21.3 Å². The zero-order valence-electron chi connectivity index (χ0n) is 7.65. The van der Waals surface area contributed by atoms with Crippen LogP contribution in [0.15, 0.2) is 10.5 Å². The molecule has 14 heavy (non-hydrogen) atoms. The van der Waals surface area contributed by atoms with E-state index in [0.717, 1.165) is 12.0 Å². The number of halogens is 3. The summed E-state index contributed by atoms with van der Waals surface area (Å²) >= 11 is 9.28. The summed E-state index contributed by atoms with van der Waals surface area (Å²) in [7, 11) is 0. The molecule has 1 aromatic rings. The SMILES string of the molecule is C[C@@H]1C[C@H]1c1c(Cl)cc(F)c(N)c1Br. The second-order valence-corrected chi connectivity index (χ2v) is 5.00. The molecule has 1 aliphatic rings. The van der Waals surface area contributed by atoms with Gasteiger partial charge < -0.3 is 5.73 Å². The molecule has 2 rings (SSSR count). The van der Waals surface area contributed by atoms with Crippen molar-refractivity contribution in [3.8, 4) is 0 Å². The molecule has 0 heterocycles. The van der Waals surface area contributed by atoms with Crippen molar-refractivity contribution < 1.29 is 4.39 Å². The molecule has 1 saturated carbocycles. The molecule has 0 spiro atoms. The van der Waals surface area contributed by atoms with Crippen molar-refractivity contribution in [2.75, 3.05) is 5.73 Å². The lowest BCUT2D eigenvalue weighted by Crippen LogP contribution is -1.97. The second-order valence-electron chi connectivity index (χ2n) is 3.80. The number of rotatable bonds is 1. The van der Waals surface area contributed by atoms with E-state index in [1.807, 2.05) is 0 Å². The van der Waals surface area contributed by atoms with E-state index in [1.165, 1.54) is 6.07 Å². The molecule has 1 aliphatic carbocycles.